The molecule has 0 fully saturated rings. The highest BCUT2D eigenvalue weighted by molar-refractivity contribution is 6.89. The molecular formula is C14H22NO3Si2-. The van der Waals surface area contributed by atoms with Crippen molar-refractivity contribution in [2.75, 3.05) is 0 Å². The zero-order chi connectivity index (χ0) is 15.6. The van der Waals surface area contributed by atoms with Crippen LogP contribution in [0.25, 0.3) is 0 Å². The summed E-state index contributed by atoms with van der Waals surface area (Å²) in [7, 11) is -3.64. The number of para-hydroxylation sites is 1. The SMILES string of the molecule is C[Si](C)(C)OC(=Nc1ccccc1[Si](C)(C)C)C(=O)[O-]. The smallest absolute Gasteiger partial charge is 0.244 e. The molecule has 1 rings (SSSR count). The first-order valence-electron chi connectivity index (χ1n) is 6.59. The van der Waals surface area contributed by atoms with Crippen LogP contribution in [-0.2, 0) is 9.22 Å². The Morgan fingerprint density at radius 2 is 1.65 bits per heavy atom. The van der Waals surface area contributed by atoms with Crippen LogP contribution in [0.4, 0.5) is 5.69 Å². The number of aliphatic imine (C=N–C) groups is 1. The summed E-state index contributed by atoms with van der Waals surface area (Å²) in [5.74, 6) is -1.67. The summed E-state index contributed by atoms with van der Waals surface area (Å²) < 4.78 is 5.51. The number of rotatable bonds is 3. The number of hydrogen-bond donors (Lipinski definition) is 0. The molecule has 0 saturated carbocycles. The van der Waals surface area contributed by atoms with E-state index in [2.05, 4.69) is 24.6 Å². The molecule has 0 aliphatic heterocycles. The van der Waals surface area contributed by atoms with Gasteiger partial charge in [0.15, 0.2) is 0 Å². The lowest BCUT2D eigenvalue weighted by Gasteiger charge is -2.23. The molecule has 0 N–H and O–H groups in total. The van der Waals surface area contributed by atoms with Gasteiger partial charge in [0.25, 0.3) is 0 Å². The molecule has 0 aliphatic carbocycles. The maximum Gasteiger partial charge on any atom is 0.244 e. The normalized spacial score (nSPS) is 13.2. The highest BCUT2D eigenvalue weighted by Gasteiger charge is 2.22. The van der Waals surface area contributed by atoms with Crippen molar-refractivity contribution in [3.8, 4) is 0 Å². The number of hydrogen-bond acceptors (Lipinski definition) is 4. The van der Waals surface area contributed by atoms with Crippen molar-refractivity contribution in [2.45, 2.75) is 39.3 Å². The Balaban J connectivity index is 3.29. The third-order valence-electron chi connectivity index (χ3n) is 2.51. The molecule has 0 spiro atoms. The summed E-state index contributed by atoms with van der Waals surface area (Å²) in [5.41, 5.74) is 0.670. The van der Waals surface area contributed by atoms with E-state index in [4.69, 9.17) is 4.43 Å². The summed E-state index contributed by atoms with van der Waals surface area (Å²) in [6, 6.07) is 7.63. The highest BCUT2D eigenvalue weighted by atomic mass is 28.4. The summed E-state index contributed by atoms with van der Waals surface area (Å²) in [5, 5.41) is 12.3. The van der Waals surface area contributed by atoms with Crippen LogP contribution in [0, 0.1) is 0 Å². The number of carbonyl (C=O) groups excluding carboxylic acids is 1. The molecule has 0 bridgehead atoms. The van der Waals surface area contributed by atoms with Crippen LogP contribution in [0.3, 0.4) is 0 Å². The van der Waals surface area contributed by atoms with E-state index in [1.165, 1.54) is 0 Å². The van der Waals surface area contributed by atoms with E-state index < -0.39 is 22.4 Å². The Hall–Kier alpha value is -1.41. The van der Waals surface area contributed by atoms with Gasteiger partial charge in [0.05, 0.1) is 13.8 Å². The van der Waals surface area contributed by atoms with Gasteiger partial charge < -0.3 is 14.3 Å². The molecule has 0 radical (unpaired) electrons. The molecule has 0 amide bonds. The first kappa shape index (κ1) is 16.6. The predicted octanol–water partition coefficient (Wildman–Crippen LogP) is 1.86. The van der Waals surface area contributed by atoms with Crippen molar-refractivity contribution in [3.63, 3.8) is 0 Å². The van der Waals surface area contributed by atoms with Crippen molar-refractivity contribution in [1.29, 1.82) is 0 Å². The van der Waals surface area contributed by atoms with Crippen LogP contribution in [0.2, 0.25) is 39.3 Å². The molecule has 1 aromatic carbocycles. The molecule has 4 nitrogen and oxygen atoms in total. The number of nitrogens with zero attached hydrogens (tertiary/aromatic N) is 1. The quantitative estimate of drug-likeness (QED) is 0.486. The van der Waals surface area contributed by atoms with Crippen LogP contribution >= 0.6 is 0 Å². The van der Waals surface area contributed by atoms with Crippen molar-refractivity contribution in [3.05, 3.63) is 24.3 Å². The van der Waals surface area contributed by atoms with Gasteiger partial charge in [0.1, 0.15) is 5.97 Å². The van der Waals surface area contributed by atoms with Crippen LogP contribution in [0.5, 0.6) is 0 Å². The first-order valence-corrected chi connectivity index (χ1v) is 13.5. The molecular weight excluding hydrogens is 286 g/mol. The molecule has 0 atom stereocenters. The average Bonchev–Trinajstić information content (AvgIpc) is 2.25. The maximum atomic E-state index is 11.2. The topological polar surface area (TPSA) is 61.7 Å². The third-order valence-corrected chi connectivity index (χ3v) is 5.36. The van der Waals surface area contributed by atoms with Gasteiger partial charge in [-0.2, -0.15) is 0 Å². The molecule has 0 saturated heterocycles. The fourth-order valence-corrected chi connectivity index (χ4v) is 3.93. The van der Waals surface area contributed by atoms with E-state index in [1.807, 2.05) is 43.9 Å². The minimum absolute atomic E-state index is 0.310. The van der Waals surface area contributed by atoms with Crippen molar-refractivity contribution in [1.82, 2.24) is 0 Å². The Morgan fingerprint density at radius 1 is 1.10 bits per heavy atom. The van der Waals surface area contributed by atoms with Gasteiger partial charge in [-0.15, -0.1) is 0 Å². The Bertz CT molecular complexity index is 528. The van der Waals surface area contributed by atoms with E-state index in [9.17, 15) is 9.90 Å². The Morgan fingerprint density at radius 3 is 2.10 bits per heavy atom. The van der Waals surface area contributed by atoms with Crippen molar-refractivity contribution < 1.29 is 14.3 Å². The zero-order valence-corrected chi connectivity index (χ0v) is 15.0. The molecule has 110 valence electrons. The summed E-state index contributed by atoms with van der Waals surface area (Å²) >= 11 is 0. The molecule has 0 unspecified atom stereocenters. The van der Waals surface area contributed by atoms with E-state index in [0.29, 0.717) is 5.69 Å². The van der Waals surface area contributed by atoms with Crippen molar-refractivity contribution in [2.24, 2.45) is 4.99 Å². The second-order valence-corrected chi connectivity index (χ2v) is 16.2. The van der Waals surface area contributed by atoms with Crippen LogP contribution in [0.15, 0.2) is 29.3 Å². The fraction of sp³-hybridized carbons (Fsp3) is 0.429. The zero-order valence-electron chi connectivity index (χ0n) is 13.0. The Kier molecular flexibility index (Phi) is 4.93. The molecule has 0 aliphatic rings. The molecule has 6 heteroatoms. The van der Waals surface area contributed by atoms with E-state index in [0.717, 1.165) is 5.19 Å². The third kappa shape index (κ3) is 4.94. The van der Waals surface area contributed by atoms with Crippen LogP contribution < -0.4 is 10.3 Å². The second-order valence-electron chi connectivity index (χ2n) is 6.69. The number of benzene rings is 1. The maximum absolute atomic E-state index is 11.2. The second kappa shape index (κ2) is 5.93. The highest BCUT2D eigenvalue weighted by Crippen LogP contribution is 2.16. The average molecular weight is 309 g/mol. The monoisotopic (exact) mass is 308 g/mol. The van der Waals surface area contributed by atoms with Crippen molar-refractivity contribution >= 4 is 39.1 Å². The van der Waals surface area contributed by atoms with Gasteiger partial charge in [-0.25, -0.2) is 4.99 Å². The molecule has 0 heterocycles. The lowest BCUT2D eigenvalue weighted by molar-refractivity contribution is -0.295. The van der Waals surface area contributed by atoms with E-state index in [-0.39, 0.29) is 5.90 Å². The van der Waals surface area contributed by atoms with Crippen LogP contribution in [-0.4, -0.2) is 28.3 Å². The molecule has 1 aromatic rings. The lowest BCUT2D eigenvalue weighted by atomic mass is 10.3. The minimum Gasteiger partial charge on any atom is -0.540 e. The van der Waals surface area contributed by atoms with Gasteiger partial charge in [0.2, 0.25) is 14.2 Å². The number of aliphatic carboxylic acids is 1. The lowest BCUT2D eigenvalue weighted by Crippen LogP contribution is -2.41. The summed E-state index contributed by atoms with van der Waals surface area (Å²) in [6.45, 7) is 12.3. The first-order chi connectivity index (χ1) is 9.00. The Labute approximate surface area is 122 Å². The molecule has 0 aromatic heterocycles. The van der Waals surface area contributed by atoms with E-state index >= 15 is 0 Å². The van der Waals surface area contributed by atoms with Gasteiger partial charge in [0, 0.05) is 0 Å². The standard InChI is InChI=1S/C14H23NO3Si2/c1-19(2,3)12-10-8-7-9-11(12)15-13(14(16)17)18-20(4,5)6/h7-10H,1-6H3,(H,16,17)/p-1. The largest absolute Gasteiger partial charge is 0.540 e. The minimum atomic E-state index is -2.04. The van der Waals surface area contributed by atoms with Gasteiger partial charge in [-0.3, -0.25) is 0 Å². The molecule has 20 heavy (non-hydrogen) atoms. The number of carboxylic acids is 1. The summed E-state index contributed by atoms with van der Waals surface area (Å²) in [4.78, 5) is 15.4. The van der Waals surface area contributed by atoms with Crippen LogP contribution in [0.1, 0.15) is 0 Å². The summed E-state index contributed by atoms with van der Waals surface area (Å²) in [6.07, 6.45) is 0. The number of carbonyl (C=O) groups is 1. The van der Waals surface area contributed by atoms with Gasteiger partial charge in [-0.05, 0) is 30.9 Å². The predicted molar refractivity (Wildman–Crippen MR) is 86.0 cm³/mol. The number of carboxylic acid groups (broad SMARTS) is 1. The fourth-order valence-electron chi connectivity index (χ4n) is 1.71. The van der Waals surface area contributed by atoms with Gasteiger partial charge in [-0.1, -0.05) is 37.8 Å². The van der Waals surface area contributed by atoms with E-state index in [1.54, 1.807) is 0 Å². The van der Waals surface area contributed by atoms with Gasteiger partial charge >= 0.3 is 0 Å².